The molecule has 6 nitrogen and oxygen atoms in total. The van der Waals surface area contributed by atoms with Gasteiger partial charge in [0.2, 0.25) is 10.1 Å². The Kier molecular flexibility index (Phi) is 4.69. The molecule has 1 aliphatic heterocycles. The average molecular weight is 390 g/mol. The van der Waals surface area contributed by atoms with Gasteiger partial charge in [-0.1, -0.05) is 42.0 Å². The third kappa shape index (κ3) is 3.22. The molecule has 0 spiro atoms. The van der Waals surface area contributed by atoms with Crippen molar-refractivity contribution in [3.05, 3.63) is 57.0 Å². The van der Waals surface area contributed by atoms with Gasteiger partial charge >= 0.3 is 0 Å². The van der Waals surface area contributed by atoms with Crippen LogP contribution in [0, 0.1) is 0 Å². The number of halogens is 1. The summed E-state index contributed by atoms with van der Waals surface area (Å²) in [5.74, 6) is 0. The number of nitrogens with zero attached hydrogens (tertiary/aromatic N) is 4. The summed E-state index contributed by atoms with van der Waals surface area (Å²) in [7, 11) is 2.12. The van der Waals surface area contributed by atoms with Crippen molar-refractivity contribution < 1.29 is 0 Å². The van der Waals surface area contributed by atoms with Crippen LogP contribution in [0.4, 0.5) is 5.13 Å². The van der Waals surface area contributed by atoms with E-state index in [0.717, 1.165) is 35.2 Å². The van der Waals surface area contributed by atoms with Gasteiger partial charge in [-0.3, -0.25) is 9.69 Å². The summed E-state index contributed by atoms with van der Waals surface area (Å²) < 4.78 is 1.38. The molecule has 26 heavy (non-hydrogen) atoms. The molecule has 3 heterocycles. The first-order valence-electron chi connectivity index (χ1n) is 8.67. The minimum Gasteiger partial charge on any atom is -0.355 e. The molecule has 1 fully saturated rings. The standard InChI is InChI=1S/C18H20ClN5OS/c1-3-13-10-15(25)24-18(20-13)26-17(22-24)21-14-8-9-23(2)16(14)11-4-6-12(19)7-5-11/h4-7,10,14,16H,3,8-9H2,1-2H3,(H,21,22). The van der Waals surface area contributed by atoms with Gasteiger partial charge in [0.25, 0.3) is 5.56 Å². The van der Waals surface area contributed by atoms with E-state index in [2.05, 4.69) is 39.5 Å². The van der Waals surface area contributed by atoms with Gasteiger partial charge in [-0.2, -0.15) is 4.52 Å². The lowest BCUT2D eigenvalue weighted by Crippen LogP contribution is -2.29. The smallest absolute Gasteiger partial charge is 0.275 e. The Morgan fingerprint density at radius 2 is 2.12 bits per heavy atom. The van der Waals surface area contributed by atoms with Crippen molar-refractivity contribution in [2.24, 2.45) is 0 Å². The summed E-state index contributed by atoms with van der Waals surface area (Å²) in [5.41, 5.74) is 1.88. The van der Waals surface area contributed by atoms with Crippen molar-refractivity contribution in [1.82, 2.24) is 19.5 Å². The molecule has 0 bridgehead atoms. The quantitative estimate of drug-likeness (QED) is 0.742. The number of rotatable bonds is 4. The van der Waals surface area contributed by atoms with Crippen LogP contribution >= 0.6 is 22.9 Å². The molecule has 1 saturated heterocycles. The first-order valence-corrected chi connectivity index (χ1v) is 9.86. The Labute approximate surface area is 160 Å². The van der Waals surface area contributed by atoms with E-state index < -0.39 is 0 Å². The molecule has 0 aliphatic carbocycles. The molecule has 8 heteroatoms. The summed E-state index contributed by atoms with van der Waals surface area (Å²) in [6, 6.07) is 9.98. The lowest BCUT2D eigenvalue weighted by atomic mass is 10.0. The maximum absolute atomic E-state index is 12.2. The molecule has 2 unspecified atom stereocenters. The average Bonchev–Trinajstić information content (AvgIpc) is 3.19. The Bertz CT molecular complexity index is 983. The van der Waals surface area contributed by atoms with Gasteiger partial charge in [-0.05, 0) is 37.6 Å². The minimum atomic E-state index is -0.131. The summed E-state index contributed by atoms with van der Waals surface area (Å²) in [4.78, 5) is 19.7. The number of hydrogen-bond acceptors (Lipinski definition) is 6. The third-order valence-corrected chi connectivity index (χ3v) is 5.92. The number of nitrogens with one attached hydrogen (secondary N) is 1. The Morgan fingerprint density at radius 1 is 1.35 bits per heavy atom. The summed E-state index contributed by atoms with van der Waals surface area (Å²) in [6.45, 7) is 2.98. The lowest BCUT2D eigenvalue weighted by Gasteiger charge is -2.26. The Hall–Kier alpha value is -1.96. The van der Waals surface area contributed by atoms with Crippen molar-refractivity contribution in [3.63, 3.8) is 0 Å². The highest BCUT2D eigenvalue weighted by molar-refractivity contribution is 7.20. The number of fused-ring (bicyclic) bond motifs is 1. The molecule has 0 amide bonds. The van der Waals surface area contributed by atoms with Crippen LogP contribution < -0.4 is 10.9 Å². The third-order valence-electron chi connectivity index (χ3n) is 4.83. The van der Waals surface area contributed by atoms with Gasteiger partial charge in [0.1, 0.15) is 0 Å². The van der Waals surface area contributed by atoms with Gasteiger partial charge < -0.3 is 5.32 Å². The first-order chi connectivity index (χ1) is 12.5. The predicted octanol–water partition coefficient (Wildman–Crippen LogP) is 3.22. The second-order valence-corrected chi connectivity index (χ2v) is 7.95. The van der Waals surface area contributed by atoms with Crippen LogP contribution in [0.1, 0.15) is 30.6 Å². The first kappa shape index (κ1) is 17.5. The van der Waals surface area contributed by atoms with Crippen LogP contribution in [0.3, 0.4) is 0 Å². The van der Waals surface area contributed by atoms with E-state index in [1.165, 1.54) is 21.4 Å². The molecule has 136 valence electrons. The number of anilines is 1. The highest BCUT2D eigenvalue weighted by Crippen LogP contribution is 2.34. The van der Waals surface area contributed by atoms with Crippen LogP contribution in [-0.2, 0) is 6.42 Å². The maximum atomic E-state index is 12.2. The molecule has 1 N–H and O–H groups in total. The van der Waals surface area contributed by atoms with E-state index in [9.17, 15) is 4.79 Å². The van der Waals surface area contributed by atoms with Crippen molar-refractivity contribution in [2.45, 2.75) is 31.8 Å². The zero-order valence-electron chi connectivity index (χ0n) is 14.6. The molecule has 1 aliphatic rings. The number of aryl methyl sites for hydroxylation is 1. The normalized spacial score (nSPS) is 20.7. The van der Waals surface area contributed by atoms with E-state index in [1.807, 2.05) is 19.1 Å². The van der Waals surface area contributed by atoms with Gasteiger partial charge in [0, 0.05) is 29.4 Å². The zero-order chi connectivity index (χ0) is 18.3. The van der Waals surface area contributed by atoms with E-state index in [1.54, 1.807) is 6.07 Å². The number of benzene rings is 1. The highest BCUT2D eigenvalue weighted by atomic mass is 35.5. The molecule has 0 saturated carbocycles. The second-order valence-electron chi connectivity index (χ2n) is 6.56. The number of likely N-dealkylation sites (N-methyl/N-ethyl adjacent to an activating group) is 1. The molecule has 3 aromatic rings. The van der Waals surface area contributed by atoms with Crippen molar-refractivity contribution in [1.29, 1.82) is 0 Å². The van der Waals surface area contributed by atoms with Gasteiger partial charge in [-0.25, -0.2) is 4.98 Å². The van der Waals surface area contributed by atoms with Crippen molar-refractivity contribution in [2.75, 3.05) is 18.9 Å². The fourth-order valence-corrected chi connectivity index (χ4v) is 4.51. The number of aromatic nitrogens is 3. The van der Waals surface area contributed by atoms with Crippen molar-refractivity contribution in [3.8, 4) is 0 Å². The van der Waals surface area contributed by atoms with Crippen LogP contribution in [0.2, 0.25) is 5.02 Å². The molecule has 2 atom stereocenters. The molecule has 2 aromatic heterocycles. The topological polar surface area (TPSA) is 62.5 Å². The van der Waals surface area contributed by atoms with Gasteiger partial charge in [0.05, 0.1) is 6.04 Å². The predicted molar refractivity (Wildman–Crippen MR) is 105 cm³/mol. The SMILES string of the molecule is CCc1cc(=O)n2nc(NC3CCN(C)C3c3ccc(Cl)cc3)sc2n1. The second kappa shape index (κ2) is 6.98. The van der Waals surface area contributed by atoms with E-state index >= 15 is 0 Å². The fourth-order valence-electron chi connectivity index (χ4n) is 3.50. The van der Waals surface area contributed by atoms with Crippen molar-refractivity contribution >= 4 is 33.0 Å². The Balaban J connectivity index is 1.63. The van der Waals surface area contributed by atoms with Crippen LogP contribution in [0.5, 0.6) is 0 Å². The molecule has 1 aromatic carbocycles. The zero-order valence-corrected chi connectivity index (χ0v) is 16.2. The Morgan fingerprint density at radius 3 is 2.85 bits per heavy atom. The van der Waals surface area contributed by atoms with E-state index in [0.29, 0.717) is 4.96 Å². The highest BCUT2D eigenvalue weighted by Gasteiger charge is 2.33. The molecule has 4 rings (SSSR count). The van der Waals surface area contributed by atoms with Crippen LogP contribution in [0.15, 0.2) is 35.1 Å². The number of likely N-dealkylation sites (tertiary alicyclic amines) is 1. The summed E-state index contributed by atoms with van der Waals surface area (Å²) >= 11 is 7.45. The van der Waals surface area contributed by atoms with Crippen LogP contribution in [-0.4, -0.2) is 39.1 Å². The van der Waals surface area contributed by atoms with Gasteiger partial charge in [0.15, 0.2) is 0 Å². The molecular formula is C18H20ClN5OS. The molecular weight excluding hydrogens is 370 g/mol. The molecule has 0 radical (unpaired) electrons. The van der Waals surface area contributed by atoms with E-state index in [4.69, 9.17) is 11.6 Å². The monoisotopic (exact) mass is 389 g/mol. The largest absolute Gasteiger partial charge is 0.355 e. The maximum Gasteiger partial charge on any atom is 0.275 e. The summed E-state index contributed by atoms with van der Waals surface area (Å²) in [5, 5.41) is 9.41. The summed E-state index contributed by atoms with van der Waals surface area (Å²) in [6.07, 6.45) is 1.74. The van der Waals surface area contributed by atoms with Gasteiger partial charge in [-0.15, -0.1) is 5.10 Å². The minimum absolute atomic E-state index is 0.131. The lowest BCUT2D eigenvalue weighted by molar-refractivity contribution is 0.309. The fraction of sp³-hybridized carbons (Fsp3) is 0.389. The number of hydrogen-bond donors (Lipinski definition) is 1. The van der Waals surface area contributed by atoms with Crippen LogP contribution in [0.25, 0.3) is 4.96 Å². The van der Waals surface area contributed by atoms with E-state index in [-0.39, 0.29) is 17.6 Å².